The van der Waals surface area contributed by atoms with E-state index in [1.165, 1.54) is 6.07 Å². The van der Waals surface area contributed by atoms with Crippen LogP contribution in [0.2, 0.25) is 0 Å². The number of rotatable bonds is 5. The highest BCUT2D eigenvalue weighted by Gasteiger charge is 2.12. The highest BCUT2D eigenvalue weighted by molar-refractivity contribution is 7.91. The molecule has 1 aromatic carbocycles. The van der Waals surface area contributed by atoms with Crippen molar-refractivity contribution < 1.29 is 13.2 Å². The topological polar surface area (TPSA) is 92.5 Å². The van der Waals surface area contributed by atoms with Gasteiger partial charge in [-0.2, -0.15) is 0 Å². The number of nitrogens with zero attached hydrogens (tertiary/aromatic N) is 1. The summed E-state index contributed by atoms with van der Waals surface area (Å²) in [5.41, 5.74) is 1.48. The second-order valence-corrected chi connectivity index (χ2v) is 7.85. The zero-order valence-electron chi connectivity index (χ0n) is 12.2. The van der Waals surface area contributed by atoms with Gasteiger partial charge in [0.25, 0.3) is 5.91 Å². The van der Waals surface area contributed by atoms with E-state index in [1.807, 2.05) is 31.1 Å². The predicted molar refractivity (Wildman–Crippen MR) is 87.6 cm³/mol. The van der Waals surface area contributed by atoms with E-state index in [-0.39, 0.29) is 16.7 Å². The average molecular weight is 339 g/mol. The number of carbonyl (C=O) groups is 1. The van der Waals surface area contributed by atoms with Crippen molar-refractivity contribution in [3.8, 4) is 0 Å². The van der Waals surface area contributed by atoms with Crippen molar-refractivity contribution in [1.82, 2.24) is 5.32 Å². The third-order valence-electron chi connectivity index (χ3n) is 2.97. The SMILES string of the molecule is CN(C)c1cccc(C(=O)NCc2ccc(S(N)(=O)=O)s2)c1. The lowest BCUT2D eigenvalue weighted by Gasteiger charge is -2.13. The molecular weight excluding hydrogens is 322 g/mol. The maximum absolute atomic E-state index is 12.1. The molecule has 0 saturated carbocycles. The third-order valence-corrected chi connectivity index (χ3v) is 5.49. The van der Waals surface area contributed by atoms with Gasteiger partial charge in [0, 0.05) is 30.2 Å². The van der Waals surface area contributed by atoms with E-state index in [4.69, 9.17) is 5.14 Å². The Labute approximate surface area is 133 Å². The first kappa shape index (κ1) is 16.5. The lowest BCUT2D eigenvalue weighted by molar-refractivity contribution is 0.0951. The molecule has 22 heavy (non-hydrogen) atoms. The van der Waals surface area contributed by atoms with Crippen molar-refractivity contribution in [3.63, 3.8) is 0 Å². The van der Waals surface area contributed by atoms with Crippen LogP contribution in [0.1, 0.15) is 15.2 Å². The van der Waals surface area contributed by atoms with Crippen LogP contribution in [0, 0.1) is 0 Å². The van der Waals surface area contributed by atoms with Gasteiger partial charge in [0.1, 0.15) is 4.21 Å². The Morgan fingerprint density at radius 2 is 2.00 bits per heavy atom. The monoisotopic (exact) mass is 339 g/mol. The van der Waals surface area contributed by atoms with E-state index in [1.54, 1.807) is 18.2 Å². The van der Waals surface area contributed by atoms with Crippen LogP contribution < -0.4 is 15.4 Å². The fourth-order valence-corrected chi connectivity index (χ4v) is 3.52. The number of thiophene rings is 1. The second kappa shape index (κ2) is 6.47. The summed E-state index contributed by atoms with van der Waals surface area (Å²) in [4.78, 5) is 14.8. The molecule has 0 aliphatic rings. The minimum Gasteiger partial charge on any atom is -0.378 e. The molecule has 3 N–H and O–H groups in total. The maximum atomic E-state index is 12.1. The smallest absolute Gasteiger partial charge is 0.251 e. The molecular formula is C14H17N3O3S2. The summed E-state index contributed by atoms with van der Waals surface area (Å²) in [6, 6.07) is 10.3. The van der Waals surface area contributed by atoms with Crippen molar-refractivity contribution in [1.29, 1.82) is 0 Å². The van der Waals surface area contributed by atoms with Gasteiger partial charge >= 0.3 is 0 Å². The molecule has 118 valence electrons. The molecule has 0 unspecified atom stereocenters. The Hall–Kier alpha value is -1.90. The minimum absolute atomic E-state index is 0.0892. The molecule has 0 spiro atoms. The number of nitrogens with two attached hydrogens (primary N) is 1. The number of hydrogen-bond donors (Lipinski definition) is 2. The number of primary sulfonamides is 1. The zero-order valence-corrected chi connectivity index (χ0v) is 13.9. The van der Waals surface area contributed by atoms with Crippen molar-refractivity contribution in [2.75, 3.05) is 19.0 Å². The van der Waals surface area contributed by atoms with Gasteiger partial charge in [-0.05, 0) is 30.3 Å². The summed E-state index contributed by atoms with van der Waals surface area (Å²) < 4.78 is 22.5. The van der Waals surface area contributed by atoms with Crippen LogP contribution in [0.5, 0.6) is 0 Å². The zero-order chi connectivity index (χ0) is 16.3. The van der Waals surface area contributed by atoms with Crippen LogP contribution in [0.3, 0.4) is 0 Å². The molecule has 0 atom stereocenters. The molecule has 0 saturated heterocycles. The van der Waals surface area contributed by atoms with Gasteiger partial charge in [-0.25, -0.2) is 13.6 Å². The number of anilines is 1. The van der Waals surface area contributed by atoms with Gasteiger partial charge in [0.15, 0.2) is 0 Å². The average Bonchev–Trinajstić information content (AvgIpc) is 2.94. The molecule has 0 aliphatic heterocycles. The van der Waals surface area contributed by atoms with E-state index in [0.29, 0.717) is 5.56 Å². The standard InChI is InChI=1S/C14H17N3O3S2/c1-17(2)11-5-3-4-10(8-11)14(18)16-9-12-6-7-13(21-12)22(15,19)20/h3-8H,9H2,1-2H3,(H,16,18)(H2,15,19,20). The molecule has 0 aliphatic carbocycles. The van der Waals surface area contributed by atoms with Gasteiger partial charge in [0.05, 0.1) is 6.54 Å². The Morgan fingerprint density at radius 3 is 2.59 bits per heavy atom. The molecule has 1 amide bonds. The molecule has 6 nitrogen and oxygen atoms in total. The molecule has 1 heterocycles. The van der Waals surface area contributed by atoms with Crippen molar-refractivity contribution >= 4 is 33.0 Å². The summed E-state index contributed by atoms with van der Waals surface area (Å²) in [6.07, 6.45) is 0. The lowest BCUT2D eigenvalue weighted by Crippen LogP contribution is -2.22. The fraction of sp³-hybridized carbons (Fsp3) is 0.214. The number of benzene rings is 1. The number of amides is 1. The molecule has 1 aromatic heterocycles. The van der Waals surface area contributed by atoms with E-state index >= 15 is 0 Å². The highest BCUT2D eigenvalue weighted by Crippen LogP contribution is 2.20. The number of hydrogen-bond acceptors (Lipinski definition) is 5. The fourth-order valence-electron chi connectivity index (χ4n) is 1.80. The van der Waals surface area contributed by atoms with Crippen molar-refractivity contribution in [3.05, 3.63) is 46.8 Å². The first-order valence-electron chi connectivity index (χ1n) is 6.44. The molecule has 2 aromatic rings. The van der Waals surface area contributed by atoms with Gasteiger partial charge in [0.2, 0.25) is 10.0 Å². The van der Waals surface area contributed by atoms with E-state index in [9.17, 15) is 13.2 Å². The largest absolute Gasteiger partial charge is 0.378 e. The normalized spacial score (nSPS) is 11.2. The summed E-state index contributed by atoms with van der Waals surface area (Å²) in [7, 11) is 0.113. The van der Waals surface area contributed by atoms with E-state index < -0.39 is 10.0 Å². The first-order chi connectivity index (χ1) is 10.3. The van der Waals surface area contributed by atoms with Crippen molar-refractivity contribution in [2.24, 2.45) is 5.14 Å². The van der Waals surface area contributed by atoms with Gasteiger partial charge in [-0.1, -0.05) is 6.07 Å². The number of sulfonamides is 1. The van der Waals surface area contributed by atoms with Crippen LogP contribution in [0.15, 0.2) is 40.6 Å². The third kappa shape index (κ3) is 4.06. The Kier molecular flexibility index (Phi) is 4.84. The van der Waals surface area contributed by atoms with Crippen molar-refractivity contribution in [2.45, 2.75) is 10.8 Å². The summed E-state index contributed by atoms with van der Waals surface area (Å²) in [5, 5.41) is 7.82. The second-order valence-electron chi connectivity index (χ2n) is 4.89. The minimum atomic E-state index is -3.69. The van der Waals surface area contributed by atoms with Crippen LogP contribution in [0.25, 0.3) is 0 Å². The first-order valence-corrected chi connectivity index (χ1v) is 8.81. The lowest BCUT2D eigenvalue weighted by atomic mass is 10.2. The summed E-state index contributed by atoms with van der Waals surface area (Å²) in [6.45, 7) is 0.255. The molecule has 8 heteroatoms. The number of carbonyl (C=O) groups excluding carboxylic acids is 1. The molecule has 0 bridgehead atoms. The predicted octanol–water partition coefficient (Wildman–Crippen LogP) is 1.39. The Balaban J connectivity index is 2.04. The summed E-state index contributed by atoms with van der Waals surface area (Å²) in [5.74, 6) is -0.214. The van der Waals surface area contributed by atoms with Crippen LogP contribution in [0.4, 0.5) is 5.69 Å². The van der Waals surface area contributed by atoms with Crippen LogP contribution >= 0.6 is 11.3 Å². The molecule has 0 radical (unpaired) electrons. The van der Waals surface area contributed by atoms with Gasteiger partial charge in [-0.15, -0.1) is 11.3 Å². The van der Waals surface area contributed by atoms with E-state index in [2.05, 4.69) is 5.32 Å². The van der Waals surface area contributed by atoms with Crippen LogP contribution in [-0.2, 0) is 16.6 Å². The van der Waals surface area contributed by atoms with Gasteiger partial charge < -0.3 is 10.2 Å². The van der Waals surface area contributed by atoms with Gasteiger partial charge in [-0.3, -0.25) is 4.79 Å². The number of nitrogens with one attached hydrogen (secondary N) is 1. The van der Waals surface area contributed by atoms with Crippen LogP contribution in [-0.4, -0.2) is 28.4 Å². The quantitative estimate of drug-likeness (QED) is 0.861. The van der Waals surface area contributed by atoms with E-state index in [0.717, 1.165) is 21.9 Å². The molecule has 2 rings (SSSR count). The Bertz CT molecular complexity index is 782. The summed E-state index contributed by atoms with van der Waals surface area (Å²) >= 11 is 1.05. The molecule has 0 fully saturated rings. The highest BCUT2D eigenvalue weighted by atomic mass is 32.2. The maximum Gasteiger partial charge on any atom is 0.251 e. The Morgan fingerprint density at radius 1 is 1.27 bits per heavy atom.